The summed E-state index contributed by atoms with van der Waals surface area (Å²) >= 11 is 0. The molecule has 0 aliphatic carbocycles. The van der Waals surface area contributed by atoms with Gasteiger partial charge in [-0.25, -0.2) is 4.99 Å². The summed E-state index contributed by atoms with van der Waals surface area (Å²) in [4.78, 5) is 4.55. The lowest BCUT2D eigenvalue weighted by Crippen LogP contribution is -2.39. The summed E-state index contributed by atoms with van der Waals surface area (Å²) in [7, 11) is 1.66. The number of guanidine groups is 1. The van der Waals surface area contributed by atoms with Crippen LogP contribution in [0.1, 0.15) is 29.6 Å². The van der Waals surface area contributed by atoms with Crippen LogP contribution in [0, 0.1) is 0 Å². The topological polar surface area (TPSA) is 78.1 Å². The Morgan fingerprint density at radius 1 is 1.12 bits per heavy atom. The first-order chi connectivity index (χ1) is 11.7. The monoisotopic (exact) mass is 325 g/mol. The van der Waals surface area contributed by atoms with E-state index in [-0.39, 0.29) is 18.9 Å². The standard InChI is InChI=1S/C18H19N3O3/c1-22-13-4-2-3-11(7-13)14-9-15(21-18(19)20-14)12-5-6-16-17(8-12)24-10-23-16/h2-8,14-15H,9-10H2,1H3,(H3,19,20,21). The minimum absolute atomic E-state index is 0.0169. The van der Waals surface area contributed by atoms with Gasteiger partial charge >= 0.3 is 0 Å². The lowest BCUT2D eigenvalue weighted by atomic mass is 9.93. The van der Waals surface area contributed by atoms with Crippen molar-refractivity contribution in [1.29, 1.82) is 0 Å². The molecule has 2 aliphatic heterocycles. The van der Waals surface area contributed by atoms with Crippen LogP contribution < -0.4 is 25.3 Å². The van der Waals surface area contributed by atoms with Gasteiger partial charge in [-0.1, -0.05) is 18.2 Å². The SMILES string of the molecule is COc1cccc(C2CC(c3ccc4c(c3)OCO4)NC(N)=N2)c1. The largest absolute Gasteiger partial charge is 0.497 e. The molecule has 3 N–H and O–H groups in total. The number of benzene rings is 2. The average molecular weight is 325 g/mol. The van der Waals surface area contributed by atoms with Crippen molar-refractivity contribution in [3.63, 3.8) is 0 Å². The molecule has 2 unspecified atom stereocenters. The first-order valence-electron chi connectivity index (χ1n) is 7.86. The highest BCUT2D eigenvalue weighted by Crippen LogP contribution is 2.38. The van der Waals surface area contributed by atoms with Crippen molar-refractivity contribution >= 4 is 5.96 Å². The van der Waals surface area contributed by atoms with Crippen molar-refractivity contribution in [2.75, 3.05) is 13.9 Å². The van der Waals surface area contributed by atoms with E-state index >= 15 is 0 Å². The van der Waals surface area contributed by atoms with Crippen molar-refractivity contribution < 1.29 is 14.2 Å². The van der Waals surface area contributed by atoms with Gasteiger partial charge in [0.2, 0.25) is 6.79 Å². The third-order valence-corrected chi connectivity index (χ3v) is 4.35. The molecule has 124 valence electrons. The smallest absolute Gasteiger partial charge is 0.231 e. The number of methoxy groups -OCH3 is 1. The van der Waals surface area contributed by atoms with E-state index in [0.29, 0.717) is 5.96 Å². The Morgan fingerprint density at radius 3 is 2.88 bits per heavy atom. The fourth-order valence-electron chi connectivity index (χ4n) is 3.13. The summed E-state index contributed by atoms with van der Waals surface area (Å²) in [6.45, 7) is 0.271. The Kier molecular flexibility index (Phi) is 3.65. The number of fused-ring (bicyclic) bond motifs is 1. The second-order valence-electron chi connectivity index (χ2n) is 5.85. The summed E-state index contributed by atoms with van der Waals surface area (Å²) in [5.41, 5.74) is 8.21. The van der Waals surface area contributed by atoms with Crippen LogP contribution in [0.4, 0.5) is 0 Å². The zero-order chi connectivity index (χ0) is 16.5. The first-order valence-corrected chi connectivity index (χ1v) is 7.86. The van der Waals surface area contributed by atoms with Gasteiger partial charge in [0.05, 0.1) is 19.2 Å². The van der Waals surface area contributed by atoms with Gasteiger partial charge < -0.3 is 25.3 Å². The maximum atomic E-state index is 6.03. The normalized spacial score (nSPS) is 21.8. The van der Waals surface area contributed by atoms with E-state index in [4.69, 9.17) is 19.9 Å². The molecule has 6 heteroatoms. The second kappa shape index (κ2) is 5.96. The van der Waals surface area contributed by atoms with Gasteiger partial charge in [0.15, 0.2) is 17.5 Å². The highest BCUT2D eigenvalue weighted by atomic mass is 16.7. The Morgan fingerprint density at radius 2 is 2.00 bits per heavy atom. The molecular weight excluding hydrogens is 306 g/mol. The number of hydrogen-bond acceptors (Lipinski definition) is 6. The molecule has 2 aliphatic rings. The predicted molar refractivity (Wildman–Crippen MR) is 90.4 cm³/mol. The molecule has 2 atom stereocenters. The molecule has 0 spiro atoms. The lowest BCUT2D eigenvalue weighted by molar-refractivity contribution is 0.174. The van der Waals surface area contributed by atoms with Crippen LogP contribution in [0.3, 0.4) is 0 Å². The summed E-state index contributed by atoms with van der Waals surface area (Å²) in [6, 6.07) is 14.0. The number of nitrogens with one attached hydrogen (secondary N) is 1. The van der Waals surface area contributed by atoms with Crippen molar-refractivity contribution in [3.8, 4) is 17.2 Å². The molecule has 0 fully saturated rings. The molecule has 0 bridgehead atoms. The number of ether oxygens (including phenoxy) is 3. The Bertz CT molecular complexity index is 791. The van der Waals surface area contributed by atoms with Crippen molar-refractivity contribution in [1.82, 2.24) is 5.32 Å². The number of aliphatic imine (C=N–C) groups is 1. The second-order valence-corrected chi connectivity index (χ2v) is 5.85. The van der Waals surface area contributed by atoms with Crippen LogP contribution in [-0.4, -0.2) is 19.9 Å². The number of hydrogen-bond donors (Lipinski definition) is 2. The van der Waals surface area contributed by atoms with Crippen molar-refractivity contribution in [2.24, 2.45) is 10.7 Å². The number of rotatable bonds is 3. The predicted octanol–water partition coefficient (Wildman–Crippen LogP) is 2.51. The highest BCUT2D eigenvalue weighted by Gasteiger charge is 2.26. The van der Waals surface area contributed by atoms with E-state index in [9.17, 15) is 0 Å². The third kappa shape index (κ3) is 2.71. The average Bonchev–Trinajstić information content (AvgIpc) is 3.09. The van der Waals surface area contributed by atoms with Gasteiger partial charge in [-0.3, -0.25) is 0 Å². The molecule has 4 rings (SSSR count). The van der Waals surface area contributed by atoms with E-state index in [1.165, 1.54) is 0 Å². The lowest BCUT2D eigenvalue weighted by Gasteiger charge is -2.29. The van der Waals surface area contributed by atoms with E-state index in [0.717, 1.165) is 34.8 Å². The third-order valence-electron chi connectivity index (χ3n) is 4.35. The molecular formula is C18H19N3O3. The summed E-state index contributed by atoms with van der Waals surface area (Å²) in [5, 5.41) is 3.25. The molecule has 0 saturated carbocycles. The highest BCUT2D eigenvalue weighted by molar-refractivity contribution is 5.79. The van der Waals surface area contributed by atoms with Crippen LogP contribution in [0.25, 0.3) is 0 Å². The number of nitrogens with zero attached hydrogens (tertiary/aromatic N) is 1. The minimum Gasteiger partial charge on any atom is -0.497 e. The summed E-state index contributed by atoms with van der Waals surface area (Å²) in [5.74, 6) is 2.81. The Labute approximate surface area is 140 Å². The fourth-order valence-corrected chi connectivity index (χ4v) is 3.13. The van der Waals surface area contributed by atoms with E-state index in [2.05, 4.69) is 10.3 Å². The van der Waals surface area contributed by atoms with Gasteiger partial charge in [-0.15, -0.1) is 0 Å². The molecule has 6 nitrogen and oxygen atoms in total. The van der Waals surface area contributed by atoms with E-state index < -0.39 is 0 Å². The summed E-state index contributed by atoms with van der Waals surface area (Å²) < 4.78 is 16.2. The van der Waals surface area contributed by atoms with Crippen LogP contribution in [0.5, 0.6) is 17.2 Å². The van der Waals surface area contributed by atoms with E-state index in [1.807, 2.05) is 42.5 Å². The number of nitrogens with two attached hydrogens (primary N) is 1. The molecule has 0 saturated heterocycles. The van der Waals surface area contributed by atoms with Gasteiger partial charge in [-0.05, 0) is 41.8 Å². The Balaban J connectivity index is 1.61. The first kappa shape index (κ1) is 14.7. The Hall–Kier alpha value is -2.89. The molecule has 24 heavy (non-hydrogen) atoms. The fraction of sp³-hybridized carbons (Fsp3) is 0.278. The summed E-state index contributed by atoms with van der Waals surface area (Å²) in [6.07, 6.45) is 0.799. The zero-order valence-electron chi connectivity index (χ0n) is 13.4. The van der Waals surface area contributed by atoms with Crippen LogP contribution >= 0.6 is 0 Å². The quantitative estimate of drug-likeness (QED) is 0.906. The molecule has 2 heterocycles. The van der Waals surface area contributed by atoms with Crippen LogP contribution in [-0.2, 0) is 0 Å². The van der Waals surface area contributed by atoms with Gasteiger partial charge in [0.1, 0.15) is 5.75 Å². The van der Waals surface area contributed by atoms with E-state index in [1.54, 1.807) is 7.11 Å². The molecule has 0 radical (unpaired) electrons. The van der Waals surface area contributed by atoms with Crippen LogP contribution in [0.15, 0.2) is 47.5 Å². The zero-order valence-corrected chi connectivity index (χ0v) is 13.4. The van der Waals surface area contributed by atoms with Crippen molar-refractivity contribution in [3.05, 3.63) is 53.6 Å². The molecule has 0 aromatic heterocycles. The van der Waals surface area contributed by atoms with Gasteiger partial charge in [-0.2, -0.15) is 0 Å². The molecule has 2 aromatic carbocycles. The van der Waals surface area contributed by atoms with Crippen molar-refractivity contribution in [2.45, 2.75) is 18.5 Å². The maximum Gasteiger partial charge on any atom is 0.231 e. The van der Waals surface area contributed by atoms with Gasteiger partial charge in [0.25, 0.3) is 0 Å². The molecule has 2 aromatic rings. The van der Waals surface area contributed by atoms with Crippen LogP contribution in [0.2, 0.25) is 0 Å². The van der Waals surface area contributed by atoms with Gasteiger partial charge in [0, 0.05) is 0 Å². The minimum atomic E-state index is -0.0169. The maximum absolute atomic E-state index is 6.03. The molecule has 0 amide bonds.